The molecule has 0 heterocycles. The zero-order valence-electron chi connectivity index (χ0n) is 20.4. The van der Waals surface area contributed by atoms with Gasteiger partial charge in [-0.1, -0.05) is 65.1 Å². The predicted molar refractivity (Wildman–Crippen MR) is 148 cm³/mol. The van der Waals surface area contributed by atoms with Crippen LogP contribution in [0.15, 0.2) is 71.6 Å². The summed E-state index contributed by atoms with van der Waals surface area (Å²) in [7, 11) is -2.71. The maximum Gasteiger partial charge on any atom is 0.264 e. The van der Waals surface area contributed by atoms with Crippen LogP contribution in [-0.4, -0.2) is 44.8 Å². The molecule has 0 aliphatic rings. The van der Waals surface area contributed by atoms with Crippen LogP contribution in [0.4, 0.5) is 5.69 Å². The number of hydrogen-bond donors (Lipinski definition) is 1. The average molecular weight is 583 g/mol. The molecule has 3 aromatic rings. The molecule has 0 aromatic heterocycles. The van der Waals surface area contributed by atoms with Crippen molar-refractivity contribution >= 4 is 62.3 Å². The number of rotatable bonds is 9. The molecule has 0 saturated heterocycles. The number of sulfonamides is 1. The zero-order valence-corrected chi connectivity index (χ0v) is 23.5. The summed E-state index contributed by atoms with van der Waals surface area (Å²) >= 11 is 18.4. The Morgan fingerprint density at radius 3 is 2.24 bits per heavy atom. The fourth-order valence-corrected chi connectivity index (χ4v) is 5.69. The van der Waals surface area contributed by atoms with E-state index in [0.717, 1.165) is 4.31 Å². The van der Waals surface area contributed by atoms with Gasteiger partial charge < -0.3 is 10.2 Å². The third kappa shape index (κ3) is 6.76. The molecule has 37 heavy (non-hydrogen) atoms. The number of carbonyl (C=O) groups excluding carboxylic acids is 2. The summed E-state index contributed by atoms with van der Waals surface area (Å²) in [4.78, 5) is 27.6. The number of benzene rings is 3. The van der Waals surface area contributed by atoms with E-state index in [4.69, 9.17) is 34.8 Å². The Balaban J connectivity index is 2.07. The monoisotopic (exact) mass is 581 g/mol. The summed E-state index contributed by atoms with van der Waals surface area (Å²) < 4.78 is 28.5. The summed E-state index contributed by atoms with van der Waals surface area (Å²) in [5.41, 5.74) is 1.48. The molecule has 7 nitrogen and oxygen atoms in total. The second-order valence-corrected chi connectivity index (χ2v) is 11.4. The van der Waals surface area contributed by atoms with E-state index in [-0.39, 0.29) is 17.1 Å². The zero-order chi connectivity index (χ0) is 27.3. The number of nitrogens with one attached hydrogen (secondary N) is 1. The number of aryl methyl sites for hydroxylation is 1. The maximum absolute atomic E-state index is 13.8. The van der Waals surface area contributed by atoms with Crippen molar-refractivity contribution < 1.29 is 18.0 Å². The van der Waals surface area contributed by atoms with Crippen molar-refractivity contribution in [2.75, 3.05) is 17.9 Å². The first-order chi connectivity index (χ1) is 17.4. The quantitative estimate of drug-likeness (QED) is 0.370. The third-order valence-corrected chi connectivity index (χ3v) is 8.55. The Kier molecular flexibility index (Phi) is 9.47. The van der Waals surface area contributed by atoms with E-state index in [1.807, 2.05) is 0 Å². The van der Waals surface area contributed by atoms with Crippen LogP contribution in [0.3, 0.4) is 0 Å². The van der Waals surface area contributed by atoms with Crippen LogP contribution in [0.1, 0.15) is 18.1 Å². The van der Waals surface area contributed by atoms with Crippen molar-refractivity contribution in [1.29, 1.82) is 0 Å². The SMILES string of the molecule is CNC(=O)C(C)N(Cc1ccc(Cl)c(Cl)c1)C(=O)CN(c1cc(Cl)ccc1C)S(=O)(=O)c1ccccc1. The Bertz CT molecular complexity index is 1400. The molecular formula is C26H26Cl3N3O4S. The van der Waals surface area contributed by atoms with Gasteiger partial charge in [-0.3, -0.25) is 13.9 Å². The second kappa shape index (κ2) is 12.2. The number of halogens is 3. The van der Waals surface area contributed by atoms with Crippen LogP contribution >= 0.6 is 34.8 Å². The minimum Gasteiger partial charge on any atom is -0.357 e. The normalized spacial score (nSPS) is 12.1. The summed E-state index contributed by atoms with van der Waals surface area (Å²) in [5.74, 6) is -1.01. The van der Waals surface area contributed by atoms with Crippen molar-refractivity contribution in [3.8, 4) is 0 Å². The number of likely N-dealkylation sites (N-methyl/N-ethyl adjacent to an activating group) is 1. The van der Waals surface area contributed by atoms with Crippen molar-refractivity contribution in [3.05, 3.63) is 92.9 Å². The molecule has 1 N–H and O–H groups in total. The van der Waals surface area contributed by atoms with Crippen LogP contribution in [-0.2, 0) is 26.2 Å². The van der Waals surface area contributed by atoms with Gasteiger partial charge in [-0.15, -0.1) is 0 Å². The predicted octanol–water partition coefficient (Wildman–Crippen LogP) is 5.31. The van der Waals surface area contributed by atoms with Crippen LogP contribution in [0.2, 0.25) is 15.1 Å². The molecule has 0 spiro atoms. The van der Waals surface area contributed by atoms with Gasteiger partial charge in [0, 0.05) is 18.6 Å². The van der Waals surface area contributed by atoms with E-state index < -0.39 is 34.4 Å². The fourth-order valence-electron chi connectivity index (χ4n) is 3.71. The number of hydrogen-bond acceptors (Lipinski definition) is 4. The van der Waals surface area contributed by atoms with Crippen LogP contribution < -0.4 is 9.62 Å². The molecule has 1 unspecified atom stereocenters. The van der Waals surface area contributed by atoms with E-state index in [9.17, 15) is 18.0 Å². The van der Waals surface area contributed by atoms with Crippen LogP contribution in [0, 0.1) is 6.92 Å². The number of amides is 2. The van der Waals surface area contributed by atoms with E-state index >= 15 is 0 Å². The highest BCUT2D eigenvalue weighted by molar-refractivity contribution is 7.92. The van der Waals surface area contributed by atoms with Crippen molar-refractivity contribution in [1.82, 2.24) is 10.2 Å². The molecule has 2 amide bonds. The minimum absolute atomic E-state index is 0.00192. The molecule has 11 heteroatoms. The molecule has 0 fully saturated rings. The second-order valence-electron chi connectivity index (χ2n) is 8.32. The highest BCUT2D eigenvalue weighted by Gasteiger charge is 2.33. The molecule has 0 saturated carbocycles. The lowest BCUT2D eigenvalue weighted by Crippen LogP contribution is -2.50. The molecule has 3 aromatic carbocycles. The number of nitrogens with zero attached hydrogens (tertiary/aromatic N) is 2. The van der Waals surface area contributed by atoms with Crippen molar-refractivity contribution in [2.45, 2.75) is 31.3 Å². The Morgan fingerprint density at radius 1 is 0.946 bits per heavy atom. The van der Waals surface area contributed by atoms with Crippen molar-refractivity contribution in [2.24, 2.45) is 0 Å². The van der Waals surface area contributed by atoms with Gasteiger partial charge in [0.05, 0.1) is 20.6 Å². The molecule has 0 aliphatic heterocycles. The summed E-state index contributed by atoms with van der Waals surface area (Å²) in [6.07, 6.45) is 0. The highest BCUT2D eigenvalue weighted by atomic mass is 35.5. The van der Waals surface area contributed by atoms with Gasteiger partial charge in [0.15, 0.2) is 0 Å². The summed E-state index contributed by atoms with van der Waals surface area (Å²) in [6.45, 7) is 2.72. The molecule has 0 radical (unpaired) electrons. The van der Waals surface area contributed by atoms with Gasteiger partial charge in [0.25, 0.3) is 10.0 Å². The number of carbonyl (C=O) groups is 2. The minimum atomic E-state index is -4.17. The maximum atomic E-state index is 13.8. The van der Waals surface area contributed by atoms with E-state index in [0.29, 0.717) is 26.2 Å². The van der Waals surface area contributed by atoms with Gasteiger partial charge in [0.2, 0.25) is 11.8 Å². The fraction of sp³-hybridized carbons (Fsp3) is 0.231. The van der Waals surface area contributed by atoms with Gasteiger partial charge in [-0.2, -0.15) is 0 Å². The summed E-state index contributed by atoms with van der Waals surface area (Å²) in [5, 5.41) is 3.49. The van der Waals surface area contributed by atoms with Gasteiger partial charge >= 0.3 is 0 Å². The lowest BCUT2D eigenvalue weighted by molar-refractivity contribution is -0.139. The van der Waals surface area contributed by atoms with Gasteiger partial charge in [0.1, 0.15) is 12.6 Å². The number of anilines is 1. The third-order valence-electron chi connectivity index (χ3n) is 5.80. The average Bonchev–Trinajstić information content (AvgIpc) is 2.88. The lowest BCUT2D eigenvalue weighted by atomic mass is 10.1. The van der Waals surface area contributed by atoms with Crippen LogP contribution in [0.25, 0.3) is 0 Å². The van der Waals surface area contributed by atoms with Crippen LogP contribution in [0.5, 0.6) is 0 Å². The van der Waals surface area contributed by atoms with E-state index in [1.54, 1.807) is 62.4 Å². The van der Waals surface area contributed by atoms with Gasteiger partial charge in [-0.05, 0) is 61.4 Å². The summed E-state index contributed by atoms with van der Waals surface area (Å²) in [6, 6.07) is 16.6. The largest absolute Gasteiger partial charge is 0.357 e. The molecule has 1 atom stereocenters. The smallest absolute Gasteiger partial charge is 0.264 e. The standard InChI is InChI=1S/C26H26Cl3N3O4S/c1-17-9-11-20(27)14-24(17)32(37(35,36)21-7-5-4-6-8-21)16-25(33)31(18(2)26(34)30-3)15-19-10-12-22(28)23(29)13-19/h4-14,18H,15-16H2,1-3H3,(H,30,34). The molecule has 196 valence electrons. The Morgan fingerprint density at radius 2 is 1.62 bits per heavy atom. The first kappa shape index (κ1) is 28.8. The molecule has 3 rings (SSSR count). The van der Waals surface area contributed by atoms with E-state index in [2.05, 4.69) is 5.32 Å². The van der Waals surface area contributed by atoms with E-state index in [1.165, 1.54) is 30.1 Å². The Hall–Kier alpha value is -2.78. The molecule has 0 bridgehead atoms. The lowest BCUT2D eigenvalue weighted by Gasteiger charge is -2.32. The van der Waals surface area contributed by atoms with Gasteiger partial charge in [-0.25, -0.2) is 8.42 Å². The Labute approximate surface area is 232 Å². The molecule has 0 aliphatic carbocycles. The van der Waals surface area contributed by atoms with Crippen molar-refractivity contribution in [3.63, 3.8) is 0 Å². The molecular weight excluding hydrogens is 557 g/mol. The first-order valence-electron chi connectivity index (χ1n) is 11.2. The first-order valence-corrected chi connectivity index (χ1v) is 13.8. The highest BCUT2D eigenvalue weighted by Crippen LogP contribution is 2.30. The topological polar surface area (TPSA) is 86.8 Å².